The van der Waals surface area contributed by atoms with E-state index in [1.165, 1.54) is 11.3 Å². The van der Waals surface area contributed by atoms with Crippen molar-refractivity contribution in [2.75, 3.05) is 45.2 Å². The quantitative estimate of drug-likeness (QED) is 0.718. The number of thiazole rings is 1. The Hall–Kier alpha value is -3.14. The number of carbonyl (C=O) groups excluding carboxylic acids is 3. The molecule has 1 aromatic heterocycles. The lowest BCUT2D eigenvalue weighted by Crippen LogP contribution is -2.52. The van der Waals surface area contributed by atoms with Gasteiger partial charge in [-0.1, -0.05) is 0 Å². The number of aryl methyl sites for hydroxylation is 1. The standard InChI is InChI=1S/C23H28N4O5S/c1-3-32-23(30)27-13-11-26(12-14-27)21(29)17-5-4-6-18-19(17)24-22(33-18)25-20(28)15-7-9-16(31-2)10-8-15/h7-10,17H,3-6,11-14H2,1-2H3,(H,24,25,28). The van der Waals surface area contributed by atoms with Crippen molar-refractivity contribution in [3.63, 3.8) is 0 Å². The van der Waals surface area contributed by atoms with Crippen LogP contribution in [0.3, 0.4) is 0 Å². The minimum atomic E-state index is -0.332. The molecule has 10 heteroatoms. The topological polar surface area (TPSA) is 101 Å². The van der Waals surface area contributed by atoms with Crippen LogP contribution in [0.5, 0.6) is 5.75 Å². The fraction of sp³-hybridized carbons (Fsp3) is 0.478. The van der Waals surface area contributed by atoms with Gasteiger partial charge in [-0.3, -0.25) is 14.9 Å². The second kappa shape index (κ2) is 10.2. The van der Waals surface area contributed by atoms with Crippen LogP contribution in [-0.2, 0) is 16.0 Å². The van der Waals surface area contributed by atoms with E-state index in [2.05, 4.69) is 10.3 Å². The van der Waals surface area contributed by atoms with E-state index in [1.807, 2.05) is 4.90 Å². The van der Waals surface area contributed by atoms with Crippen LogP contribution in [0.1, 0.15) is 46.6 Å². The van der Waals surface area contributed by atoms with Gasteiger partial charge < -0.3 is 19.3 Å². The second-order valence-electron chi connectivity index (χ2n) is 7.97. The molecule has 1 aliphatic heterocycles. The molecule has 1 atom stereocenters. The molecule has 2 aromatic rings. The monoisotopic (exact) mass is 472 g/mol. The number of anilines is 1. The molecule has 1 aromatic carbocycles. The van der Waals surface area contributed by atoms with Gasteiger partial charge in [-0.05, 0) is 50.5 Å². The van der Waals surface area contributed by atoms with Gasteiger partial charge in [0.15, 0.2) is 5.13 Å². The van der Waals surface area contributed by atoms with Gasteiger partial charge in [-0.2, -0.15) is 0 Å². The van der Waals surface area contributed by atoms with Crippen LogP contribution in [0.2, 0.25) is 0 Å². The molecule has 0 saturated carbocycles. The summed E-state index contributed by atoms with van der Waals surface area (Å²) < 4.78 is 10.2. The number of hydrogen-bond acceptors (Lipinski definition) is 7. The average molecular weight is 473 g/mol. The van der Waals surface area contributed by atoms with E-state index in [1.54, 1.807) is 43.2 Å². The summed E-state index contributed by atoms with van der Waals surface area (Å²) in [6.07, 6.45) is 2.16. The SMILES string of the molecule is CCOC(=O)N1CCN(C(=O)C2CCCc3sc(NC(=O)c4ccc(OC)cc4)nc32)CC1. The van der Waals surface area contributed by atoms with Crippen molar-refractivity contribution in [2.24, 2.45) is 0 Å². The van der Waals surface area contributed by atoms with Crippen molar-refractivity contribution in [1.29, 1.82) is 0 Å². The highest BCUT2D eigenvalue weighted by atomic mass is 32.1. The van der Waals surface area contributed by atoms with Gasteiger partial charge in [0.2, 0.25) is 5.91 Å². The van der Waals surface area contributed by atoms with Crippen molar-refractivity contribution in [2.45, 2.75) is 32.1 Å². The van der Waals surface area contributed by atoms with Crippen LogP contribution >= 0.6 is 11.3 Å². The van der Waals surface area contributed by atoms with E-state index >= 15 is 0 Å². The summed E-state index contributed by atoms with van der Waals surface area (Å²) in [5.74, 6) is 0.158. The lowest BCUT2D eigenvalue weighted by atomic mass is 9.89. The summed E-state index contributed by atoms with van der Waals surface area (Å²) in [4.78, 5) is 47.0. The third kappa shape index (κ3) is 5.11. The maximum atomic E-state index is 13.3. The zero-order valence-electron chi connectivity index (χ0n) is 18.8. The van der Waals surface area contributed by atoms with Gasteiger partial charge >= 0.3 is 6.09 Å². The normalized spacial score (nSPS) is 17.8. The van der Waals surface area contributed by atoms with Gasteiger partial charge in [0.1, 0.15) is 5.75 Å². The minimum absolute atomic E-state index is 0.0396. The van der Waals surface area contributed by atoms with E-state index in [0.29, 0.717) is 49.2 Å². The Labute approximate surface area is 196 Å². The van der Waals surface area contributed by atoms with Crippen LogP contribution in [0, 0.1) is 0 Å². The second-order valence-corrected chi connectivity index (χ2v) is 9.05. The molecule has 9 nitrogen and oxygen atoms in total. The first-order chi connectivity index (χ1) is 16.0. The molecule has 33 heavy (non-hydrogen) atoms. The Morgan fingerprint density at radius 3 is 2.48 bits per heavy atom. The largest absolute Gasteiger partial charge is 0.497 e. The smallest absolute Gasteiger partial charge is 0.409 e. The molecule has 1 fully saturated rings. The molecular formula is C23H28N4O5S. The molecule has 2 aliphatic rings. The fourth-order valence-corrected chi connectivity index (χ4v) is 5.23. The molecule has 0 spiro atoms. The molecule has 3 amide bonds. The maximum absolute atomic E-state index is 13.3. The predicted molar refractivity (Wildman–Crippen MR) is 124 cm³/mol. The number of piperazine rings is 1. The number of hydrogen-bond donors (Lipinski definition) is 1. The van der Waals surface area contributed by atoms with E-state index in [9.17, 15) is 14.4 Å². The number of carbonyl (C=O) groups is 3. The van der Waals surface area contributed by atoms with Crippen molar-refractivity contribution >= 4 is 34.4 Å². The van der Waals surface area contributed by atoms with Crippen LogP contribution in [-0.4, -0.2) is 72.6 Å². The maximum Gasteiger partial charge on any atom is 0.409 e. The van der Waals surface area contributed by atoms with E-state index in [4.69, 9.17) is 9.47 Å². The molecule has 176 valence electrons. The number of ether oxygens (including phenoxy) is 2. The van der Waals surface area contributed by atoms with Gasteiger partial charge in [-0.25, -0.2) is 9.78 Å². The molecule has 1 aliphatic carbocycles. The van der Waals surface area contributed by atoms with Gasteiger partial charge in [-0.15, -0.1) is 11.3 Å². The summed E-state index contributed by atoms with van der Waals surface area (Å²) in [6.45, 7) is 4.00. The lowest BCUT2D eigenvalue weighted by molar-refractivity contribution is -0.134. The van der Waals surface area contributed by atoms with Gasteiger partial charge in [0.25, 0.3) is 5.91 Å². The molecular weight excluding hydrogens is 444 g/mol. The molecule has 4 rings (SSSR count). The van der Waals surface area contributed by atoms with Gasteiger partial charge in [0, 0.05) is 36.6 Å². The van der Waals surface area contributed by atoms with E-state index in [0.717, 1.165) is 29.8 Å². The van der Waals surface area contributed by atoms with Crippen molar-refractivity contribution < 1.29 is 23.9 Å². The number of amides is 3. The van der Waals surface area contributed by atoms with Crippen molar-refractivity contribution in [3.8, 4) is 5.75 Å². The predicted octanol–water partition coefficient (Wildman–Crippen LogP) is 3.12. The first-order valence-electron chi connectivity index (χ1n) is 11.2. The van der Waals surface area contributed by atoms with Crippen LogP contribution in [0.4, 0.5) is 9.93 Å². The molecule has 1 N–H and O–H groups in total. The summed E-state index contributed by atoms with van der Waals surface area (Å²) >= 11 is 1.44. The first kappa shape index (κ1) is 23.0. The zero-order chi connectivity index (χ0) is 23.4. The Morgan fingerprint density at radius 1 is 1.12 bits per heavy atom. The van der Waals surface area contributed by atoms with Crippen LogP contribution < -0.4 is 10.1 Å². The molecule has 0 bridgehead atoms. The average Bonchev–Trinajstić information content (AvgIpc) is 3.26. The third-order valence-corrected chi connectivity index (χ3v) is 6.99. The zero-order valence-corrected chi connectivity index (χ0v) is 19.7. The van der Waals surface area contributed by atoms with Crippen LogP contribution in [0.15, 0.2) is 24.3 Å². The van der Waals surface area contributed by atoms with Crippen LogP contribution in [0.25, 0.3) is 0 Å². The number of fused-ring (bicyclic) bond motifs is 1. The highest BCUT2D eigenvalue weighted by Gasteiger charge is 2.35. The molecule has 0 radical (unpaired) electrons. The molecule has 1 saturated heterocycles. The Balaban J connectivity index is 1.41. The fourth-order valence-electron chi connectivity index (χ4n) is 4.17. The summed E-state index contributed by atoms with van der Waals surface area (Å²) in [6, 6.07) is 6.87. The van der Waals surface area contributed by atoms with Crippen molar-refractivity contribution in [1.82, 2.24) is 14.8 Å². The van der Waals surface area contributed by atoms with Gasteiger partial charge in [0.05, 0.1) is 25.3 Å². The Bertz CT molecular complexity index is 1010. The van der Waals surface area contributed by atoms with E-state index in [-0.39, 0.29) is 23.8 Å². The Morgan fingerprint density at radius 2 is 1.82 bits per heavy atom. The number of methoxy groups -OCH3 is 1. The Kier molecular flexibility index (Phi) is 7.12. The summed E-state index contributed by atoms with van der Waals surface area (Å²) in [5.41, 5.74) is 1.28. The number of rotatable bonds is 5. The van der Waals surface area contributed by atoms with Crippen molar-refractivity contribution in [3.05, 3.63) is 40.4 Å². The first-order valence-corrected chi connectivity index (χ1v) is 12.0. The lowest BCUT2D eigenvalue weighted by Gasteiger charge is -2.36. The summed E-state index contributed by atoms with van der Waals surface area (Å²) in [5, 5.41) is 3.37. The number of nitrogens with zero attached hydrogens (tertiary/aromatic N) is 3. The highest BCUT2D eigenvalue weighted by Crippen LogP contribution is 2.38. The molecule has 2 heterocycles. The van der Waals surface area contributed by atoms with E-state index < -0.39 is 0 Å². The molecule has 1 unspecified atom stereocenters. The number of aromatic nitrogens is 1. The minimum Gasteiger partial charge on any atom is -0.497 e. The third-order valence-electron chi connectivity index (χ3n) is 5.94. The summed E-state index contributed by atoms with van der Waals surface area (Å²) in [7, 11) is 1.58. The highest BCUT2D eigenvalue weighted by molar-refractivity contribution is 7.16. The number of nitrogens with one attached hydrogen (secondary N) is 1. The number of benzene rings is 1.